The van der Waals surface area contributed by atoms with Crippen LogP contribution in [-0.4, -0.2) is 49.5 Å². The molecule has 2 aromatic heterocycles. The Bertz CT molecular complexity index is 1090. The summed E-state index contributed by atoms with van der Waals surface area (Å²) >= 11 is 2.87. The first kappa shape index (κ1) is 25.8. The van der Waals surface area contributed by atoms with Crippen LogP contribution in [0, 0.1) is 13.8 Å². The van der Waals surface area contributed by atoms with Gasteiger partial charge in [0.25, 0.3) is 0 Å². The molecule has 0 atom stereocenters. The summed E-state index contributed by atoms with van der Waals surface area (Å²) in [6, 6.07) is 9.87. The van der Waals surface area contributed by atoms with Gasteiger partial charge in [0.1, 0.15) is 5.82 Å². The summed E-state index contributed by atoms with van der Waals surface area (Å²) in [6.45, 7) is 14.5. The lowest BCUT2D eigenvalue weighted by Crippen LogP contribution is -2.21. The van der Waals surface area contributed by atoms with Gasteiger partial charge in [-0.3, -0.25) is 4.79 Å². The molecule has 0 saturated heterocycles. The average Bonchev–Trinajstić information content (AvgIpc) is 3.19. The van der Waals surface area contributed by atoms with Gasteiger partial charge < -0.3 is 14.8 Å². The van der Waals surface area contributed by atoms with Crippen LogP contribution in [0.4, 0.5) is 11.4 Å². The zero-order chi connectivity index (χ0) is 24.5. The fraction of sp³-hybridized carbons (Fsp3) is 0.375. The van der Waals surface area contributed by atoms with Crippen LogP contribution < -0.4 is 10.2 Å². The maximum atomic E-state index is 12.5. The van der Waals surface area contributed by atoms with Crippen LogP contribution in [0.2, 0.25) is 0 Å². The van der Waals surface area contributed by atoms with Crippen molar-refractivity contribution < 1.29 is 4.79 Å². The van der Waals surface area contributed by atoms with Crippen LogP contribution in [0.25, 0.3) is 0 Å². The maximum absolute atomic E-state index is 12.5. The fourth-order valence-electron chi connectivity index (χ4n) is 3.40. The molecule has 0 aliphatic rings. The average molecular weight is 498 g/mol. The number of rotatable bonds is 12. The minimum atomic E-state index is -0.0895. The summed E-state index contributed by atoms with van der Waals surface area (Å²) in [5.41, 5.74) is 3.80. The second kappa shape index (κ2) is 12.6. The van der Waals surface area contributed by atoms with Crippen LogP contribution in [0.1, 0.15) is 31.1 Å². The highest BCUT2D eigenvalue weighted by Gasteiger charge is 2.15. The third-order valence-electron chi connectivity index (χ3n) is 5.01. The van der Waals surface area contributed by atoms with Gasteiger partial charge in [0, 0.05) is 42.4 Å². The predicted molar refractivity (Wildman–Crippen MR) is 141 cm³/mol. The van der Waals surface area contributed by atoms with E-state index in [2.05, 4.69) is 50.8 Å². The zero-order valence-electron chi connectivity index (χ0n) is 20.1. The molecule has 10 heteroatoms. The van der Waals surface area contributed by atoms with E-state index >= 15 is 0 Å². The maximum Gasteiger partial charge on any atom is 0.234 e. The number of benzene rings is 1. The molecule has 0 bridgehead atoms. The minimum absolute atomic E-state index is 0.0895. The summed E-state index contributed by atoms with van der Waals surface area (Å²) in [4.78, 5) is 23.7. The Morgan fingerprint density at radius 3 is 2.38 bits per heavy atom. The van der Waals surface area contributed by atoms with E-state index in [0.29, 0.717) is 22.6 Å². The Kier molecular flexibility index (Phi) is 9.52. The summed E-state index contributed by atoms with van der Waals surface area (Å²) in [6.07, 6.45) is 1.80. The van der Waals surface area contributed by atoms with Gasteiger partial charge in [-0.2, -0.15) is 0 Å². The smallest absolute Gasteiger partial charge is 0.234 e. The van der Waals surface area contributed by atoms with E-state index in [4.69, 9.17) is 0 Å². The van der Waals surface area contributed by atoms with Gasteiger partial charge in [0.05, 0.1) is 11.5 Å². The second-order valence-electron chi connectivity index (χ2n) is 7.58. The van der Waals surface area contributed by atoms with Crippen LogP contribution in [0.15, 0.2) is 53.3 Å². The molecule has 0 aliphatic heterocycles. The van der Waals surface area contributed by atoms with Gasteiger partial charge >= 0.3 is 0 Å². The molecule has 0 unspecified atom stereocenters. The fourth-order valence-corrected chi connectivity index (χ4v) is 5.06. The molecule has 0 spiro atoms. The van der Waals surface area contributed by atoms with Crippen molar-refractivity contribution in [1.82, 2.24) is 24.7 Å². The number of amides is 1. The van der Waals surface area contributed by atoms with Gasteiger partial charge in [-0.05, 0) is 58.0 Å². The Balaban J connectivity index is 1.59. The van der Waals surface area contributed by atoms with Gasteiger partial charge in [-0.25, -0.2) is 9.97 Å². The Labute approximate surface area is 209 Å². The van der Waals surface area contributed by atoms with Gasteiger partial charge in [-0.15, -0.1) is 16.8 Å². The molecule has 0 fully saturated rings. The van der Waals surface area contributed by atoms with E-state index in [1.54, 1.807) is 6.08 Å². The first-order chi connectivity index (χ1) is 16.4. The van der Waals surface area contributed by atoms with E-state index in [-0.39, 0.29) is 11.7 Å². The summed E-state index contributed by atoms with van der Waals surface area (Å²) in [7, 11) is 0. The second-order valence-corrected chi connectivity index (χ2v) is 9.46. The van der Waals surface area contributed by atoms with E-state index in [1.165, 1.54) is 23.5 Å². The molecule has 3 rings (SSSR count). The number of carbonyl (C=O) groups excluding carboxylic acids is 1. The van der Waals surface area contributed by atoms with Crippen LogP contribution in [0.3, 0.4) is 0 Å². The predicted octanol–water partition coefficient (Wildman–Crippen LogP) is 4.74. The molecule has 34 heavy (non-hydrogen) atoms. The molecular weight excluding hydrogens is 466 g/mol. The van der Waals surface area contributed by atoms with E-state index in [9.17, 15) is 4.79 Å². The number of nitrogens with one attached hydrogen (secondary N) is 1. The molecule has 1 N–H and O–H groups in total. The molecule has 0 radical (unpaired) electrons. The van der Waals surface area contributed by atoms with Crippen molar-refractivity contribution in [2.45, 2.75) is 50.3 Å². The van der Waals surface area contributed by atoms with Crippen molar-refractivity contribution in [1.29, 1.82) is 0 Å². The molecule has 1 aromatic carbocycles. The number of nitrogens with zero attached hydrogens (tertiary/aromatic N) is 6. The number of thioether (sulfide) groups is 2. The van der Waals surface area contributed by atoms with Crippen molar-refractivity contribution in [3.63, 3.8) is 0 Å². The van der Waals surface area contributed by atoms with E-state index in [1.807, 2.05) is 48.7 Å². The molecule has 2 heterocycles. The molecule has 3 aromatic rings. The Morgan fingerprint density at radius 1 is 1.09 bits per heavy atom. The van der Waals surface area contributed by atoms with Crippen molar-refractivity contribution >= 4 is 40.8 Å². The highest BCUT2D eigenvalue weighted by atomic mass is 32.2. The van der Waals surface area contributed by atoms with Crippen molar-refractivity contribution in [3.8, 4) is 0 Å². The van der Waals surface area contributed by atoms with Gasteiger partial charge in [-0.1, -0.05) is 29.6 Å². The minimum Gasteiger partial charge on any atom is -0.372 e. The normalized spacial score (nSPS) is 10.8. The molecular formula is C24H31N7OS2. The number of carbonyl (C=O) groups is 1. The summed E-state index contributed by atoms with van der Waals surface area (Å²) in [5, 5.41) is 13.0. The summed E-state index contributed by atoms with van der Waals surface area (Å²) < 4.78 is 1.97. The van der Waals surface area contributed by atoms with Crippen LogP contribution in [0.5, 0.6) is 0 Å². The third kappa shape index (κ3) is 7.07. The lowest BCUT2D eigenvalue weighted by Gasteiger charge is -2.21. The number of allylic oxidation sites excluding steroid dienone is 1. The Hall–Kier alpha value is -2.85. The van der Waals surface area contributed by atoms with Crippen molar-refractivity contribution in [2.75, 3.05) is 29.1 Å². The van der Waals surface area contributed by atoms with E-state index < -0.39 is 0 Å². The zero-order valence-corrected chi connectivity index (χ0v) is 21.7. The third-order valence-corrected chi connectivity index (χ3v) is 6.82. The highest BCUT2D eigenvalue weighted by molar-refractivity contribution is 7.99. The van der Waals surface area contributed by atoms with Gasteiger partial charge in [0.2, 0.25) is 5.91 Å². The first-order valence-corrected chi connectivity index (χ1v) is 13.2. The number of aryl methyl sites for hydroxylation is 2. The number of hydrogen-bond acceptors (Lipinski definition) is 8. The number of aromatic nitrogens is 5. The Morgan fingerprint density at radius 2 is 1.76 bits per heavy atom. The quantitative estimate of drug-likeness (QED) is 0.218. The van der Waals surface area contributed by atoms with Crippen molar-refractivity contribution in [2.24, 2.45) is 0 Å². The van der Waals surface area contributed by atoms with E-state index in [0.717, 1.165) is 41.7 Å². The largest absolute Gasteiger partial charge is 0.372 e. The standard InChI is InChI=1S/C24H31N7OS2/c1-6-13-31-21(15-33-23-25-17(4)14-18(5)26-23)28-29-24(31)34-16-22(32)27-19-9-11-20(12-10-19)30(7-2)8-3/h6,9-12,14H,1,7-8,13,15-16H2,2-5H3,(H,27,32). The molecule has 0 saturated carbocycles. The molecule has 1 amide bonds. The SMILES string of the molecule is C=CCn1c(CSc2nc(C)cc(C)n2)nnc1SCC(=O)Nc1ccc(N(CC)CC)cc1. The topological polar surface area (TPSA) is 88.8 Å². The van der Waals surface area contributed by atoms with Crippen molar-refractivity contribution in [3.05, 3.63) is 60.2 Å². The monoisotopic (exact) mass is 497 g/mol. The van der Waals surface area contributed by atoms with Gasteiger partial charge in [0.15, 0.2) is 10.3 Å². The summed E-state index contributed by atoms with van der Waals surface area (Å²) in [5.74, 6) is 1.52. The molecule has 180 valence electrons. The molecule has 0 aliphatic carbocycles. The van der Waals surface area contributed by atoms with Crippen LogP contribution >= 0.6 is 23.5 Å². The molecule has 8 nitrogen and oxygen atoms in total. The lowest BCUT2D eigenvalue weighted by atomic mass is 10.2. The number of hydrogen-bond donors (Lipinski definition) is 1. The van der Waals surface area contributed by atoms with Crippen LogP contribution in [-0.2, 0) is 17.1 Å². The lowest BCUT2D eigenvalue weighted by molar-refractivity contribution is -0.113. The number of anilines is 2. The highest BCUT2D eigenvalue weighted by Crippen LogP contribution is 2.24. The first-order valence-electron chi connectivity index (χ1n) is 11.2.